The van der Waals surface area contributed by atoms with Crippen molar-refractivity contribution in [2.45, 2.75) is 18.7 Å². The van der Waals surface area contributed by atoms with Gasteiger partial charge in [-0.1, -0.05) is 30.3 Å². The quantitative estimate of drug-likeness (QED) is 0.527. The Balaban J connectivity index is 1.46. The summed E-state index contributed by atoms with van der Waals surface area (Å²) >= 11 is 0. The average molecular weight is 469 g/mol. The monoisotopic (exact) mass is 468 g/mol. The summed E-state index contributed by atoms with van der Waals surface area (Å²) in [6.07, 6.45) is 0. The fourth-order valence-electron chi connectivity index (χ4n) is 3.98. The second kappa shape index (κ2) is 9.80. The van der Waals surface area contributed by atoms with E-state index in [0.29, 0.717) is 43.4 Å². The number of fused-ring (bicyclic) bond motifs is 1. The summed E-state index contributed by atoms with van der Waals surface area (Å²) in [6, 6.07) is 18.0. The van der Waals surface area contributed by atoms with Gasteiger partial charge in [0.15, 0.2) is 11.5 Å². The zero-order valence-corrected chi connectivity index (χ0v) is 19.7. The lowest BCUT2D eigenvalue weighted by atomic mass is 10.1. The van der Waals surface area contributed by atoms with Crippen LogP contribution in [0.1, 0.15) is 24.2 Å². The summed E-state index contributed by atoms with van der Waals surface area (Å²) in [5.74, 6) is 0.978. The van der Waals surface area contributed by atoms with Gasteiger partial charge < -0.3 is 14.4 Å². The fraction of sp³-hybridized carbons (Fsp3) is 0.320. The van der Waals surface area contributed by atoms with E-state index in [9.17, 15) is 13.2 Å². The van der Waals surface area contributed by atoms with Gasteiger partial charge in [-0.05, 0) is 55.0 Å². The van der Waals surface area contributed by atoms with E-state index in [1.54, 1.807) is 35.2 Å². The highest BCUT2D eigenvalue weighted by Crippen LogP contribution is 2.29. The van der Waals surface area contributed by atoms with Gasteiger partial charge in [-0.15, -0.1) is 0 Å². The highest BCUT2D eigenvalue weighted by molar-refractivity contribution is 7.89. The lowest BCUT2D eigenvalue weighted by Gasteiger charge is -2.34. The van der Waals surface area contributed by atoms with Crippen LogP contribution < -0.4 is 9.47 Å². The van der Waals surface area contributed by atoms with Crippen molar-refractivity contribution in [1.29, 1.82) is 0 Å². The number of piperazine rings is 1. The summed E-state index contributed by atoms with van der Waals surface area (Å²) in [7, 11) is -3.63. The number of carbonyl (C=O) groups excluding carboxylic acids is 1. The van der Waals surface area contributed by atoms with E-state index in [1.807, 2.05) is 44.2 Å². The molecule has 0 atom stereocenters. The molecule has 0 spiro atoms. The number of benzene rings is 3. The molecule has 4 rings (SSSR count). The molecule has 1 fully saturated rings. The van der Waals surface area contributed by atoms with Gasteiger partial charge >= 0.3 is 0 Å². The van der Waals surface area contributed by atoms with Gasteiger partial charge in [-0.25, -0.2) is 8.42 Å². The van der Waals surface area contributed by atoms with Crippen molar-refractivity contribution < 1.29 is 22.7 Å². The number of nitrogens with zero attached hydrogens (tertiary/aromatic N) is 2. The Morgan fingerprint density at radius 2 is 1.48 bits per heavy atom. The van der Waals surface area contributed by atoms with Crippen LogP contribution in [-0.4, -0.2) is 62.9 Å². The number of hydrogen-bond acceptors (Lipinski definition) is 5. The molecule has 8 heteroatoms. The predicted molar refractivity (Wildman–Crippen MR) is 127 cm³/mol. The summed E-state index contributed by atoms with van der Waals surface area (Å²) in [5, 5.41) is 1.88. The molecule has 0 aromatic heterocycles. The highest BCUT2D eigenvalue weighted by atomic mass is 32.2. The van der Waals surface area contributed by atoms with Crippen molar-refractivity contribution in [3.05, 3.63) is 66.2 Å². The number of sulfonamides is 1. The van der Waals surface area contributed by atoms with Crippen molar-refractivity contribution in [1.82, 2.24) is 9.21 Å². The molecular weight excluding hydrogens is 440 g/mol. The molecule has 3 aromatic rings. The zero-order valence-electron chi connectivity index (χ0n) is 18.9. The van der Waals surface area contributed by atoms with Crippen molar-refractivity contribution >= 4 is 26.7 Å². The van der Waals surface area contributed by atoms with Gasteiger partial charge in [0.1, 0.15) is 0 Å². The molecular formula is C25H28N2O5S. The lowest BCUT2D eigenvalue weighted by Crippen LogP contribution is -2.50. The van der Waals surface area contributed by atoms with E-state index in [4.69, 9.17) is 9.47 Å². The molecule has 174 valence electrons. The highest BCUT2D eigenvalue weighted by Gasteiger charge is 2.30. The molecule has 1 saturated heterocycles. The molecule has 0 aliphatic carbocycles. The van der Waals surface area contributed by atoms with Crippen LogP contribution in [0.4, 0.5) is 0 Å². The molecule has 0 radical (unpaired) electrons. The minimum absolute atomic E-state index is 0.151. The van der Waals surface area contributed by atoms with Crippen LogP contribution in [0.3, 0.4) is 0 Å². The van der Waals surface area contributed by atoms with Crippen molar-refractivity contribution in [3.8, 4) is 11.5 Å². The zero-order chi connectivity index (χ0) is 23.4. The van der Waals surface area contributed by atoms with Crippen LogP contribution >= 0.6 is 0 Å². The maximum atomic E-state index is 13.2. The first-order valence-corrected chi connectivity index (χ1v) is 12.6. The Bertz CT molecular complexity index is 1250. The van der Waals surface area contributed by atoms with Gasteiger partial charge in [0.25, 0.3) is 5.91 Å². The SMILES string of the molecule is CCOc1ccc(C(=O)N2CCN(S(=O)(=O)c3ccc4ccccc4c3)CC2)cc1OCC. The standard InChI is InChI=1S/C25H28N2O5S/c1-3-31-23-12-10-21(18-24(23)32-4-2)25(28)26-13-15-27(16-14-26)33(29,30)22-11-9-19-7-5-6-8-20(19)17-22/h5-12,17-18H,3-4,13-16H2,1-2H3. The second-order valence-electron chi connectivity index (χ2n) is 7.73. The summed E-state index contributed by atoms with van der Waals surface area (Å²) in [5.41, 5.74) is 0.493. The van der Waals surface area contributed by atoms with Gasteiger partial charge in [0.2, 0.25) is 10.0 Å². The third kappa shape index (κ3) is 4.82. The average Bonchev–Trinajstić information content (AvgIpc) is 2.84. The lowest BCUT2D eigenvalue weighted by molar-refractivity contribution is 0.0697. The van der Waals surface area contributed by atoms with E-state index in [0.717, 1.165) is 10.8 Å². The Hall–Kier alpha value is -3.10. The minimum atomic E-state index is -3.63. The number of carbonyl (C=O) groups is 1. The van der Waals surface area contributed by atoms with Crippen LogP contribution in [0.15, 0.2) is 65.6 Å². The number of amides is 1. The third-order valence-electron chi connectivity index (χ3n) is 5.67. The maximum Gasteiger partial charge on any atom is 0.254 e. The van der Waals surface area contributed by atoms with E-state index in [2.05, 4.69) is 0 Å². The van der Waals surface area contributed by atoms with Crippen molar-refractivity contribution in [2.24, 2.45) is 0 Å². The van der Waals surface area contributed by atoms with Crippen LogP contribution in [0, 0.1) is 0 Å². The Morgan fingerprint density at radius 1 is 0.818 bits per heavy atom. The Labute approximate surface area is 194 Å². The van der Waals surface area contributed by atoms with Gasteiger partial charge in [0, 0.05) is 31.7 Å². The topological polar surface area (TPSA) is 76.2 Å². The summed E-state index contributed by atoms with van der Waals surface area (Å²) in [4.78, 5) is 15.0. The van der Waals surface area contributed by atoms with E-state index in [1.165, 1.54) is 4.31 Å². The third-order valence-corrected chi connectivity index (χ3v) is 7.57. The normalized spacial score (nSPS) is 14.9. The first-order valence-electron chi connectivity index (χ1n) is 11.1. The molecule has 1 amide bonds. The van der Waals surface area contributed by atoms with Crippen LogP contribution in [-0.2, 0) is 10.0 Å². The Morgan fingerprint density at radius 3 is 2.18 bits per heavy atom. The number of hydrogen-bond donors (Lipinski definition) is 0. The smallest absolute Gasteiger partial charge is 0.254 e. The first-order chi connectivity index (χ1) is 15.9. The number of rotatable bonds is 7. The molecule has 0 saturated carbocycles. The predicted octanol–water partition coefficient (Wildman–Crippen LogP) is 3.78. The fourth-order valence-corrected chi connectivity index (χ4v) is 5.43. The van der Waals surface area contributed by atoms with E-state index >= 15 is 0 Å². The molecule has 1 aliphatic heterocycles. The van der Waals surface area contributed by atoms with E-state index < -0.39 is 10.0 Å². The Kier molecular flexibility index (Phi) is 6.85. The second-order valence-corrected chi connectivity index (χ2v) is 9.67. The molecule has 0 bridgehead atoms. The summed E-state index contributed by atoms with van der Waals surface area (Å²) in [6.45, 7) is 5.86. The van der Waals surface area contributed by atoms with Crippen LogP contribution in [0.5, 0.6) is 11.5 Å². The summed E-state index contributed by atoms with van der Waals surface area (Å²) < 4.78 is 39.0. The van der Waals surface area contributed by atoms with Crippen LogP contribution in [0.25, 0.3) is 10.8 Å². The first kappa shape index (κ1) is 23.1. The molecule has 7 nitrogen and oxygen atoms in total. The van der Waals surface area contributed by atoms with Gasteiger partial charge in [0.05, 0.1) is 18.1 Å². The van der Waals surface area contributed by atoms with E-state index in [-0.39, 0.29) is 23.9 Å². The van der Waals surface area contributed by atoms with Gasteiger partial charge in [-0.2, -0.15) is 4.31 Å². The molecule has 3 aromatic carbocycles. The van der Waals surface area contributed by atoms with Crippen molar-refractivity contribution in [3.63, 3.8) is 0 Å². The number of ether oxygens (including phenoxy) is 2. The molecule has 1 heterocycles. The van der Waals surface area contributed by atoms with Crippen molar-refractivity contribution in [2.75, 3.05) is 39.4 Å². The minimum Gasteiger partial charge on any atom is -0.490 e. The molecule has 33 heavy (non-hydrogen) atoms. The molecule has 0 N–H and O–H groups in total. The molecule has 1 aliphatic rings. The largest absolute Gasteiger partial charge is 0.490 e. The maximum absolute atomic E-state index is 13.2. The van der Waals surface area contributed by atoms with Gasteiger partial charge in [-0.3, -0.25) is 4.79 Å². The molecule has 0 unspecified atom stereocenters. The van der Waals surface area contributed by atoms with Crippen LogP contribution in [0.2, 0.25) is 0 Å².